The standard InChI is InChI=1S/C10H12BrFN2O4/c1-18-5-6(4-15)13-9-3-8(12)7(11)2-10(9)14(16)17/h2-3,6,13,15H,4-5H2,1H3. The lowest BCUT2D eigenvalue weighted by Crippen LogP contribution is -2.29. The van der Waals surface area contributed by atoms with Crippen molar-refractivity contribution in [3.05, 3.63) is 32.5 Å². The van der Waals surface area contributed by atoms with Gasteiger partial charge in [0, 0.05) is 19.2 Å². The Morgan fingerprint density at radius 3 is 2.83 bits per heavy atom. The smallest absolute Gasteiger partial charge is 0.293 e. The predicted molar refractivity (Wildman–Crippen MR) is 67.1 cm³/mol. The fraction of sp³-hybridized carbons (Fsp3) is 0.400. The second kappa shape index (κ2) is 6.62. The van der Waals surface area contributed by atoms with Crippen LogP contribution in [0.1, 0.15) is 0 Å². The molecular formula is C10H12BrFN2O4. The van der Waals surface area contributed by atoms with Crippen LogP contribution >= 0.6 is 15.9 Å². The monoisotopic (exact) mass is 322 g/mol. The number of nitrogens with zero attached hydrogens (tertiary/aromatic N) is 1. The molecule has 8 heteroatoms. The van der Waals surface area contributed by atoms with Gasteiger partial charge in [-0.1, -0.05) is 0 Å². The molecule has 0 spiro atoms. The number of benzene rings is 1. The maximum atomic E-state index is 13.4. The Morgan fingerprint density at radius 2 is 2.33 bits per heavy atom. The van der Waals surface area contributed by atoms with Crippen molar-refractivity contribution in [3.63, 3.8) is 0 Å². The number of rotatable bonds is 6. The average Bonchev–Trinajstić information content (AvgIpc) is 2.32. The molecule has 1 aromatic carbocycles. The van der Waals surface area contributed by atoms with E-state index in [0.717, 1.165) is 12.1 Å². The van der Waals surface area contributed by atoms with E-state index < -0.39 is 16.8 Å². The summed E-state index contributed by atoms with van der Waals surface area (Å²) in [5.41, 5.74) is -0.283. The van der Waals surface area contributed by atoms with Crippen molar-refractivity contribution in [1.82, 2.24) is 0 Å². The van der Waals surface area contributed by atoms with Crippen LogP contribution in [-0.2, 0) is 4.74 Å². The maximum Gasteiger partial charge on any atom is 0.293 e. The third-order valence-electron chi connectivity index (χ3n) is 2.18. The van der Waals surface area contributed by atoms with Gasteiger partial charge in [-0.3, -0.25) is 10.1 Å². The summed E-state index contributed by atoms with van der Waals surface area (Å²) in [5.74, 6) is -0.628. The number of nitro groups is 1. The Balaban J connectivity index is 3.06. The van der Waals surface area contributed by atoms with Gasteiger partial charge < -0.3 is 15.2 Å². The Kier molecular flexibility index (Phi) is 5.45. The number of methoxy groups -OCH3 is 1. The number of halogens is 2. The molecule has 0 heterocycles. The predicted octanol–water partition coefficient (Wildman–Crippen LogP) is 1.92. The molecule has 6 nitrogen and oxygen atoms in total. The first-order valence-corrected chi connectivity index (χ1v) is 5.78. The number of anilines is 1. The third kappa shape index (κ3) is 3.62. The number of ether oxygens (including phenoxy) is 1. The van der Waals surface area contributed by atoms with Crippen LogP contribution in [0.5, 0.6) is 0 Å². The van der Waals surface area contributed by atoms with Gasteiger partial charge in [0.05, 0.1) is 28.7 Å². The van der Waals surface area contributed by atoms with E-state index in [1.54, 1.807) is 0 Å². The normalized spacial score (nSPS) is 12.2. The molecule has 1 aromatic rings. The summed E-state index contributed by atoms with van der Waals surface area (Å²) in [4.78, 5) is 10.2. The van der Waals surface area contributed by atoms with Gasteiger partial charge in [0.2, 0.25) is 0 Å². The summed E-state index contributed by atoms with van der Waals surface area (Å²) < 4.78 is 18.2. The third-order valence-corrected chi connectivity index (χ3v) is 2.79. The van der Waals surface area contributed by atoms with Gasteiger partial charge in [0.25, 0.3) is 5.69 Å². The zero-order chi connectivity index (χ0) is 13.7. The highest BCUT2D eigenvalue weighted by molar-refractivity contribution is 9.10. The van der Waals surface area contributed by atoms with Crippen molar-refractivity contribution in [2.45, 2.75) is 6.04 Å². The van der Waals surface area contributed by atoms with Gasteiger partial charge in [-0.2, -0.15) is 0 Å². The van der Waals surface area contributed by atoms with Crippen LogP contribution < -0.4 is 5.32 Å². The maximum absolute atomic E-state index is 13.4. The van der Waals surface area contributed by atoms with Crippen molar-refractivity contribution >= 4 is 27.3 Å². The number of aliphatic hydroxyl groups excluding tert-OH is 1. The summed E-state index contributed by atoms with van der Waals surface area (Å²) in [6, 6.07) is 1.52. The molecule has 0 aliphatic carbocycles. The highest BCUT2D eigenvalue weighted by atomic mass is 79.9. The SMILES string of the molecule is COCC(CO)Nc1cc(F)c(Br)cc1[N+](=O)[O-]. The average molecular weight is 323 g/mol. The van der Waals surface area contributed by atoms with Gasteiger partial charge in [-0.25, -0.2) is 4.39 Å². The van der Waals surface area contributed by atoms with E-state index in [2.05, 4.69) is 21.2 Å². The van der Waals surface area contributed by atoms with Crippen molar-refractivity contribution < 1.29 is 19.2 Å². The van der Waals surface area contributed by atoms with Crippen LogP contribution in [0.4, 0.5) is 15.8 Å². The first-order chi connectivity index (χ1) is 8.49. The lowest BCUT2D eigenvalue weighted by atomic mass is 10.2. The molecule has 18 heavy (non-hydrogen) atoms. The molecular weight excluding hydrogens is 311 g/mol. The lowest BCUT2D eigenvalue weighted by molar-refractivity contribution is -0.384. The summed E-state index contributed by atoms with van der Waals surface area (Å²) >= 11 is 2.88. The topological polar surface area (TPSA) is 84.6 Å². The zero-order valence-corrected chi connectivity index (χ0v) is 11.1. The zero-order valence-electron chi connectivity index (χ0n) is 9.52. The highest BCUT2D eigenvalue weighted by Gasteiger charge is 2.19. The van der Waals surface area contributed by atoms with Crippen LogP contribution in [0.25, 0.3) is 0 Å². The van der Waals surface area contributed by atoms with Crippen LogP contribution in [0.3, 0.4) is 0 Å². The van der Waals surface area contributed by atoms with E-state index in [1.165, 1.54) is 7.11 Å². The molecule has 0 saturated carbocycles. The van der Waals surface area contributed by atoms with E-state index in [1.807, 2.05) is 0 Å². The Labute approximate surface area is 111 Å². The molecule has 0 amide bonds. The fourth-order valence-corrected chi connectivity index (χ4v) is 1.70. The molecule has 1 rings (SSSR count). The molecule has 0 fully saturated rings. The van der Waals surface area contributed by atoms with Gasteiger partial charge in [0.15, 0.2) is 0 Å². The van der Waals surface area contributed by atoms with Crippen LogP contribution in [0.2, 0.25) is 0 Å². The second-order valence-electron chi connectivity index (χ2n) is 3.52. The van der Waals surface area contributed by atoms with E-state index in [9.17, 15) is 14.5 Å². The number of nitrogens with one attached hydrogen (secondary N) is 1. The first-order valence-electron chi connectivity index (χ1n) is 4.99. The quantitative estimate of drug-likeness (QED) is 0.617. The molecule has 2 N–H and O–H groups in total. The van der Waals surface area contributed by atoms with E-state index in [0.29, 0.717) is 0 Å². The molecule has 0 radical (unpaired) electrons. The summed E-state index contributed by atoms with van der Waals surface area (Å²) in [5, 5.41) is 22.6. The van der Waals surface area contributed by atoms with E-state index >= 15 is 0 Å². The Morgan fingerprint density at radius 1 is 1.67 bits per heavy atom. The van der Waals surface area contributed by atoms with Crippen molar-refractivity contribution in [2.75, 3.05) is 25.6 Å². The summed E-state index contributed by atoms with van der Waals surface area (Å²) in [7, 11) is 1.43. The minimum absolute atomic E-state index is 0.00296. The number of nitro benzene ring substituents is 1. The van der Waals surface area contributed by atoms with Gasteiger partial charge in [0.1, 0.15) is 11.5 Å². The molecule has 1 unspecified atom stereocenters. The van der Waals surface area contributed by atoms with Crippen LogP contribution in [-0.4, -0.2) is 36.4 Å². The molecule has 0 aliphatic rings. The largest absolute Gasteiger partial charge is 0.394 e. The molecule has 0 aromatic heterocycles. The summed E-state index contributed by atoms with van der Waals surface area (Å²) in [6.07, 6.45) is 0. The summed E-state index contributed by atoms with van der Waals surface area (Å²) in [6.45, 7) is -0.145. The van der Waals surface area contributed by atoms with Crippen molar-refractivity contribution in [3.8, 4) is 0 Å². The highest BCUT2D eigenvalue weighted by Crippen LogP contribution is 2.30. The number of hydrogen-bond donors (Lipinski definition) is 2. The molecule has 0 bridgehead atoms. The number of aliphatic hydroxyl groups is 1. The minimum atomic E-state index is -0.631. The van der Waals surface area contributed by atoms with Crippen molar-refractivity contribution in [2.24, 2.45) is 0 Å². The molecule has 100 valence electrons. The van der Waals surface area contributed by atoms with Gasteiger partial charge >= 0.3 is 0 Å². The minimum Gasteiger partial charge on any atom is -0.394 e. The van der Waals surface area contributed by atoms with E-state index in [-0.39, 0.29) is 29.1 Å². The number of hydrogen-bond acceptors (Lipinski definition) is 5. The lowest BCUT2D eigenvalue weighted by Gasteiger charge is -2.16. The van der Waals surface area contributed by atoms with Gasteiger partial charge in [-0.15, -0.1) is 0 Å². The Hall–Kier alpha value is -1.25. The van der Waals surface area contributed by atoms with Gasteiger partial charge in [-0.05, 0) is 15.9 Å². The Bertz CT molecular complexity index is 444. The molecule has 0 saturated heterocycles. The van der Waals surface area contributed by atoms with Crippen LogP contribution in [0.15, 0.2) is 16.6 Å². The molecule has 0 aliphatic heterocycles. The fourth-order valence-electron chi connectivity index (χ4n) is 1.36. The van der Waals surface area contributed by atoms with Crippen molar-refractivity contribution in [1.29, 1.82) is 0 Å². The van der Waals surface area contributed by atoms with E-state index in [4.69, 9.17) is 9.84 Å². The van der Waals surface area contributed by atoms with Crippen LogP contribution in [0, 0.1) is 15.9 Å². The first kappa shape index (κ1) is 14.8. The molecule has 1 atom stereocenters. The second-order valence-corrected chi connectivity index (χ2v) is 4.37.